The zero-order valence-corrected chi connectivity index (χ0v) is 28.5. The first kappa shape index (κ1) is 31.5. The Morgan fingerprint density at radius 3 is 1.20 bits per heavy atom. The molecule has 5 heteroatoms. The summed E-state index contributed by atoms with van der Waals surface area (Å²) >= 11 is 0. The van der Waals surface area contributed by atoms with Crippen LogP contribution in [-0.2, 0) is 46.7 Å². The molecule has 0 fully saturated rings. The van der Waals surface area contributed by atoms with Crippen LogP contribution in [0, 0.1) is 0 Å². The number of allylic oxidation sites excluding steroid dienone is 2. The van der Waals surface area contributed by atoms with Gasteiger partial charge in [0.1, 0.15) is 0 Å². The van der Waals surface area contributed by atoms with Crippen molar-refractivity contribution < 1.29 is 21.1 Å². The van der Waals surface area contributed by atoms with E-state index in [1.165, 1.54) is 44.5 Å². The fourth-order valence-electron chi connectivity index (χ4n) is 7.28. The summed E-state index contributed by atoms with van der Waals surface area (Å²) in [6, 6.07) is 0.0601. The van der Waals surface area contributed by atoms with Gasteiger partial charge in [0.25, 0.3) is 0 Å². The van der Waals surface area contributed by atoms with Crippen molar-refractivity contribution in [3.05, 3.63) is 88.7 Å². The van der Waals surface area contributed by atoms with Gasteiger partial charge in [0.2, 0.25) is 0 Å². The Balaban J connectivity index is 0.00000387. The average Bonchev–Trinajstić information content (AvgIpc) is 3.67. The van der Waals surface area contributed by atoms with Gasteiger partial charge < -0.3 is 20.6 Å². The van der Waals surface area contributed by atoms with Crippen molar-refractivity contribution in [1.29, 1.82) is 0 Å². The summed E-state index contributed by atoms with van der Waals surface area (Å²) in [7, 11) is 0. The quantitative estimate of drug-likeness (QED) is 0.282. The number of fused-ring (bicyclic) bond motifs is 8. The summed E-state index contributed by atoms with van der Waals surface area (Å²) in [6.45, 7) is 18.1. The third-order valence-electron chi connectivity index (χ3n) is 9.17. The summed E-state index contributed by atoms with van der Waals surface area (Å²) in [6.07, 6.45) is 17.0. The molecule has 2 aromatic rings. The maximum atomic E-state index is 5.34. The van der Waals surface area contributed by atoms with Crippen LogP contribution in [0.4, 0.5) is 0 Å². The predicted molar refractivity (Wildman–Crippen MR) is 171 cm³/mol. The largest absolute Gasteiger partial charge is 4.00 e. The van der Waals surface area contributed by atoms with E-state index in [1.807, 2.05) is 0 Å². The van der Waals surface area contributed by atoms with E-state index in [1.54, 1.807) is 0 Å². The van der Waals surface area contributed by atoms with Gasteiger partial charge in [-0.1, -0.05) is 124 Å². The molecule has 5 rings (SSSR count). The molecule has 0 saturated heterocycles. The monoisotopic (exact) mass is 729 g/mol. The molecule has 0 amide bonds. The van der Waals surface area contributed by atoms with E-state index < -0.39 is 0 Å². The molecule has 5 heterocycles. The maximum Gasteiger partial charge on any atom is 4.00 e. The minimum Gasteiger partial charge on any atom is -0.675 e. The molecule has 2 aromatic heterocycles. The number of aromatic nitrogens is 2. The molecule has 0 spiro atoms. The van der Waals surface area contributed by atoms with Gasteiger partial charge >= 0.3 is 21.1 Å². The molecule has 4 nitrogen and oxygen atoms in total. The SMILES string of the molecule is CCC1=C(CC)C2/C=c3\[n-]/c(c(CC)c3CC)=C\C3[N-]/C(=C\c4[n-]c(c(CC)c4CC)/C=C/1[N-]2)C(CC)=C3CC.[Pt+4]. The molecule has 220 valence electrons. The van der Waals surface area contributed by atoms with Crippen LogP contribution < -0.4 is 20.7 Å². The Bertz CT molecular complexity index is 1430. The second-order valence-corrected chi connectivity index (χ2v) is 11.1. The van der Waals surface area contributed by atoms with Crippen LogP contribution in [0.2, 0.25) is 0 Å². The summed E-state index contributed by atoms with van der Waals surface area (Å²) < 4.78 is 0. The first-order chi connectivity index (χ1) is 19.5. The second-order valence-electron chi connectivity index (χ2n) is 11.1. The van der Waals surface area contributed by atoms with E-state index in [-0.39, 0.29) is 33.1 Å². The molecule has 0 aromatic carbocycles. The number of hydrogen-bond acceptors (Lipinski definition) is 0. The Morgan fingerprint density at radius 2 is 0.878 bits per heavy atom. The third kappa shape index (κ3) is 5.42. The number of nitrogens with zero attached hydrogens (tertiary/aromatic N) is 4. The molecule has 0 saturated carbocycles. The second kappa shape index (κ2) is 13.2. The van der Waals surface area contributed by atoms with Crippen molar-refractivity contribution in [2.75, 3.05) is 0 Å². The molecule has 0 N–H and O–H groups in total. The zero-order chi connectivity index (χ0) is 28.6. The smallest absolute Gasteiger partial charge is 0.675 e. The van der Waals surface area contributed by atoms with E-state index in [4.69, 9.17) is 20.6 Å². The van der Waals surface area contributed by atoms with Crippen LogP contribution in [0.3, 0.4) is 0 Å². The summed E-state index contributed by atoms with van der Waals surface area (Å²) in [5, 5.41) is 12.9. The third-order valence-corrected chi connectivity index (χ3v) is 9.17. The van der Waals surface area contributed by atoms with Gasteiger partial charge in [-0.2, -0.15) is 0 Å². The standard InChI is InChI=1S/C36H46N4.Pt/c1-9-21-22(10-2)30-18-32-25(13-5)26(14-6)34(39-32)20-36-28(16-8)27(15-7)35(40-36)19-33-24(12-4)23(11-3)31(38-33)17-29(21)37-30;/h17-20,29,35H,9-16H2,1-8H3;/q-4;+4/b30-18-,31-17-,33-19-,36-20-;. The minimum atomic E-state index is 0. The van der Waals surface area contributed by atoms with Gasteiger partial charge in [-0.05, 0) is 51.4 Å². The molecule has 8 bridgehead atoms. The first-order valence-electron chi connectivity index (χ1n) is 15.8. The molecule has 41 heavy (non-hydrogen) atoms. The molecule has 3 aliphatic rings. The Labute approximate surface area is 261 Å². The summed E-state index contributed by atoms with van der Waals surface area (Å²) in [5.74, 6) is 0. The average molecular weight is 730 g/mol. The number of rotatable bonds is 8. The van der Waals surface area contributed by atoms with Crippen LogP contribution in [0.25, 0.3) is 34.9 Å². The van der Waals surface area contributed by atoms with Crippen molar-refractivity contribution in [1.82, 2.24) is 9.97 Å². The summed E-state index contributed by atoms with van der Waals surface area (Å²) in [4.78, 5) is 10.6. The van der Waals surface area contributed by atoms with Crippen molar-refractivity contribution in [3.63, 3.8) is 0 Å². The van der Waals surface area contributed by atoms with E-state index in [0.29, 0.717) is 0 Å². The van der Waals surface area contributed by atoms with E-state index in [9.17, 15) is 0 Å². The van der Waals surface area contributed by atoms with Crippen molar-refractivity contribution in [2.45, 2.75) is 119 Å². The Morgan fingerprint density at radius 1 is 0.488 bits per heavy atom. The maximum absolute atomic E-state index is 5.34. The van der Waals surface area contributed by atoms with E-state index in [0.717, 1.165) is 84.8 Å². The van der Waals surface area contributed by atoms with Gasteiger partial charge in [0.05, 0.1) is 0 Å². The normalized spacial score (nSPS) is 23.9. The van der Waals surface area contributed by atoms with Gasteiger partial charge in [-0.3, -0.25) is 0 Å². The van der Waals surface area contributed by atoms with Crippen LogP contribution in [-0.4, -0.2) is 12.1 Å². The Hall–Kier alpha value is -2.45. The minimum absolute atomic E-state index is 0. The van der Waals surface area contributed by atoms with Gasteiger partial charge in [-0.25, -0.2) is 0 Å². The first-order valence-corrected chi connectivity index (χ1v) is 15.8. The molecular formula is C36H46N4Pt. The molecule has 3 aliphatic heterocycles. The predicted octanol–water partition coefficient (Wildman–Crippen LogP) is 7.55. The Kier molecular flexibility index (Phi) is 10.2. The van der Waals surface area contributed by atoms with E-state index in [2.05, 4.69) is 79.7 Å². The molecule has 0 radical (unpaired) electrons. The molecular weight excluding hydrogens is 684 g/mol. The van der Waals surface area contributed by atoms with Crippen molar-refractivity contribution in [2.24, 2.45) is 0 Å². The topological polar surface area (TPSA) is 56.4 Å². The summed E-state index contributed by atoms with van der Waals surface area (Å²) in [5.41, 5.74) is 15.4. The fraction of sp³-hybridized carbons (Fsp3) is 0.500. The zero-order valence-electron chi connectivity index (χ0n) is 26.2. The van der Waals surface area contributed by atoms with Gasteiger partial charge in [0, 0.05) is 0 Å². The van der Waals surface area contributed by atoms with Crippen LogP contribution in [0.1, 0.15) is 115 Å². The van der Waals surface area contributed by atoms with Gasteiger partial charge in [0.15, 0.2) is 0 Å². The van der Waals surface area contributed by atoms with Crippen molar-refractivity contribution in [3.8, 4) is 0 Å². The van der Waals surface area contributed by atoms with Crippen LogP contribution in [0.5, 0.6) is 0 Å². The molecule has 2 unspecified atom stereocenters. The molecule has 0 aliphatic carbocycles. The van der Waals surface area contributed by atoms with Gasteiger partial charge in [-0.15, -0.1) is 45.6 Å². The van der Waals surface area contributed by atoms with E-state index >= 15 is 0 Å². The van der Waals surface area contributed by atoms with Crippen molar-refractivity contribution >= 4 is 24.3 Å². The number of hydrogen-bond donors (Lipinski definition) is 0. The fourth-order valence-corrected chi connectivity index (χ4v) is 7.28. The van der Waals surface area contributed by atoms with Crippen LogP contribution in [0.15, 0.2) is 33.7 Å². The molecule has 2 atom stereocenters. The van der Waals surface area contributed by atoms with Crippen LogP contribution >= 0.6 is 0 Å².